The van der Waals surface area contributed by atoms with Crippen molar-refractivity contribution in [2.24, 2.45) is 0 Å². The fraction of sp³-hybridized carbons (Fsp3) is 0.417. The molecular formula is C12H14BrF2NO3. The molecule has 1 aromatic carbocycles. The number of amides is 1. The van der Waals surface area contributed by atoms with Crippen LogP contribution in [-0.2, 0) is 9.47 Å². The van der Waals surface area contributed by atoms with E-state index in [1.807, 2.05) is 0 Å². The molecule has 0 spiro atoms. The van der Waals surface area contributed by atoms with Crippen molar-refractivity contribution in [1.82, 2.24) is 5.32 Å². The Hall–Kier alpha value is -1.05. The topological polar surface area (TPSA) is 47.6 Å². The van der Waals surface area contributed by atoms with Crippen LogP contribution in [0.3, 0.4) is 0 Å². The minimum absolute atomic E-state index is 0.164. The van der Waals surface area contributed by atoms with E-state index in [0.29, 0.717) is 13.2 Å². The molecular weight excluding hydrogens is 324 g/mol. The molecule has 4 nitrogen and oxygen atoms in total. The van der Waals surface area contributed by atoms with Crippen LogP contribution in [0.25, 0.3) is 0 Å². The SMILES string of the molecule is COCCOCCNC(=O)c1c(F)cc(Br)cc1F. The molecule has 0 aliphatic rings. The first kappa shape index (κ1) is 16.0. The Morgan fingerprint density at radius 1 is 1.26 bits per heavy atom. The highest BCUT2D eigenvalue weighted by atomic mass is 79.9. The highest BCUT2D eigenvalue weighted by molar-refractivity contribution is 9.10. The van der Waals surface area contributed by atoms with Gasteiger partial charge in [-0.3, -0.25) is 4.79 Å². The molecule has 0 radical (unpaired) electrons. The van der Waals surface area contributed by atoms with E-state index in [9.17, 15) is 13.6 Å². The van der Waals surface area contributed by atoms with E-state index in [2.05, 4.69) is 21.2 Å². The van der Waals surface area contributed by atoms with Crippen LogP contribution in [0, 0.1) is 11.6 Å². The summed E-state index contributed by atoms with van der Waals surface area (Å²) in [6.45, 7) is 1.25. The molecule has 106 valence electrons. The summed E-state index contributed by atoms with van der Waals surface area (Å²) in [6.07, 6.45) is 0. The molecule has 0 saturated heterocycles. The first-order valence-electron chi connectivity index (χ1n) is 5.55. The van der Waals surface area contributed by atoms with Crippen LogP contribution in [0.15, 0.2) is 16.6 Å². The van der Waals surface area contributed by atoms with Crippen LogP contribution in [0.2, 0.25) is 0 Å². The van der Waals surface area contributed by atoms with E-state index in [1.165, 1.54) is 0 Å². The maximum Gasteiger partial charge on any atom is 0.257 e. The summed E-state index contributed by atoms with van der Waals surface area (Å²) < 4.78 is 37.0. The highest BCUT2D eigenvalue weighted by Gasteiger charge is 2.17. The van der Waals surface area contributed by atoms with Crippen molar-refractivity contribution in [1.29, 1.82) is 0 Å². The summed E-state index contributed by atoms with van der Waals surface area (Å²) in [6, 6.07) is 2.07. The number of rotatable bonds is 7. The quantitative estimate of drug-likeness (QED) is 0.775. The fourth-order valence-corrected chi connectivity index (χ4v) is 1.73. The van der Waals surface area contributed by atoms with E-state index in [-0.39, 0.29) is 17.6 Å². The number of carbonyl (C=O) groups is 1. The van der Waals surface area contributed by atoms with E-state index in [4.69, 9.17) is 9.47 Å². The predicted molar refractivity (Wildman–Crippen MR) is 69.1 cm³/mol. The van der Waals surface area contributed by atoms with Gasteiger partial charge in [0.2, 0.25) is 0 Å². The second kappa shape index (κ2) is 8.19. The fourth-order valence-electron chi connectivity index (χ4n) is 1.33. The number of hydrogen-bond acceptors (Lipinski definition) is 3. The van der Waals surface area contributed by atoms with Gasteiger partial charge in [-0.2, -0.15) is 0 Å². The Kier molecular flexibility index (Phi) is 6.90. The van der Waals surface area contributed by atoms with E-state index >= 15 is 0 Å². The number of benzene rings is 1. The molecule has 0 aliphatic heterocycles. The van der Waals surface area contributed by atoms with Gasteiger partial charge < -0.3 is 14.8 Å². The molecule has 19 heavy (non-hydrogen) atoms. The number of carbonyl (C=O) groups excluding carboxylic acids is 1. The Morgan fingerprint density at radius 2 is 1.89 bits per heavy atom. The van der Waals surface area contributed by atoms with E-state index in [0.717, 1.165) is 12.1 Å². The summed E-state index contributed by atoms with van der Waals surface area (Å²) >= 11 is 2.94. The molecule has 0 heterocycles. The summed E-state index contributed by atoms with van der Waals surface area (Å²) in [5, 5.41) is 2.38. The monoisotopic (exact) mass is 337 g/mol. The van der Waals surface area contributed by atoms with E-state index < -0.39 is 23.1 Å². The second-order valence-corrected chi connectivity index (χ2v) is 4.52. The van der Waals surface area contributed by atoms with E-state index in [1.54, 1.807) is 7.11 Å². The first-order chi connectivity index (χ1) is 9.06. The average molecular weight is 338 g/mol. The lowest BCUT2D eigenvalue weighted by Crippen LogP contribution is -2.29. The molecule has 0 fully saturated rings. The minimum Gasteiger partial charge on any atom is -0.382 e. The van der Waals surface area contributed by atoms with Gasteiger partial charge in [0.1, 0.15) is 17.2 Å². The molecule has 1 amide bonds. The molecule has 0 saturated carbocycles. The minimum atomic E-state index is -0.912. The van der Waals surface area contributed by atoms with Crippen LogP contribution >= 0.6 is 15.9 Å². The van der Waals surface area contributed by atoms with Crippen molar-refractivity contribution in [2.75, 3.05) is 33.5 Å². The number of nitrogens with one attached hydrogen (secondary N) is 1. The van der Waals surface area contributed by atoms with Gasteiger partial charge in [-0.25, -0.2) is 8.78 Å². The standard InChI is InChI=1S/C12H14BrF2NO3/c1-18-4-5-19-3-2-16-12(17)11-9(14)6-8(13)7-10(11)15/h6-7H,2-5H2,1H3,(H,16,17). The molecule has 0 aromatic heterocycles. The van der Waals surface area contributed by atoms with Crippen LogP contribution in [0.1, 0.15) is 10.4 Å². The van der Waals surface area contributed by atoms with Crippen molar-refractivity contribution in [3.8, 4) is 0 Å². The average Bonchev–Trinajstić information content (AvgIpc) is 2.32. The van der Waals surface area contributed by atoms with Crippen LogP contribution in [0.4, 0.5) is 8.78 Å². The zero-order valence-corrected chi connectivity index (χ0v) is 11.9. The molecule has 0 unspecified atom stereocenters. The summed E-state index contributed by atoms with van der Waals surface area (Å²) in [7, 11) is 1.55. The third kappa shape index (κ3) is 5.22. The van der Waals surface area contributed by atoms with Crippen LogP contribution < -0.4 is 5.32 Å². The first-order valence-corrected chi connectivity index (χ1v) is 6.35. The number of ether oxygens (including phenoxy) is 2. The number of halogens is 3. The Morgan fingerprint density at radius 3 is 2.47 bits per heavy atom. The molecule has 0 bridgehead atoms. The largest absolute Gasteiger partial charge is 0.382 e. The van der Waals surface area contributed by atoms with Gasteiger partial charge in [-0.1, -0.05) is 15.9 Å². The molecule has 0 atom stereocenters. The van der Waals surface area contributed by atoms with Gasteiger partial charge in [0.25, 0.3) is 5.91 Å². The highest BCUT2D eigenvalue weighted by Crippen LogP contribution is 2.19. The summed E-state index contributed by atoms with van der Waals surface area (Å²) in [5.41, 5.74) is -0.597. The lowest BCUT2D eigenvalue weighted by molar-refractivity contribution is 0.0691. The number of methoxy groups -OCH3 is 1. The molecule has 0 aliphatic carbocycles. The lowest BCUT2D eigenvalue weighted by atomic mass is 10.2. The van der Waals surface area contributed by atoms with Gasteiger partial charge >= 0.3 is 0 Å². The zero-order chi connectivity index (χ0) is 14.3. The summed E-state index contributed by atoms with van der Waals surface area (Å²) in [4.78, 5) is 11.6. The molecule has 1 N–H and O–H groups in total. The molecule has 1 rings (SSSR count). The summed E-state index contributed by atoms with van der Waals surface area (Å²) in [5.74, 6) is -2.63. The van der Waals surface area contributed by atoms with Crippen LogP contribution in [-0.4, -0.2) is 39.4 Å². The number of hydrogen-bond donors (Lipinski definition) is 1. The van der Waals surface area contributed by atoms with Crippen LogP contribution in [0.5, 0.6) is 0 Å². The van der Waals surface area contributed by atoms with Gasteiger partial charge in [-0.05, 0) is 12.1 Å². The third-order valence-electron chi connectivity index (χ3n) is 2.20. The third-order valence-corrected chi connectivity index (χ3v) is 2.66. The molecule has 1 aromatic rings. The maximum absolute atomic E-state index is 13.5. The zero-order valence-electron chi connectivity index (χ0n) is 10.3. The normalized spacial score (nSPS) is 10.5. The van der Waals surface area contributed by atoms with Crippen molar-refractivity contribution < 1.29 is 23.0 Å². The smallest absolute Gasteiger partial charge is 0.257 e. The van der Waals surface area contributed by atoms with Crippen molar-refractivity contribution in [3.05, 3.63) is 33.8 Å². The van der Waals surface area contributed by atoms with Gasteiger partial charge in [0.05, 0.1) is 19.8 Å². The lowest BCUT2D eigenvalue weighted by Gasteiger charge is -2.08. The predicted octanol–water partition coefficient (Wildman–Crippen LogP) is 2.12. The van der Waals surface area contributed by atoms with Gasteiger partial charge in [-0.15, -0.1) is 0 Å². The van der Waals surface area contributed by atoms with Crippen molar-refractivity contribution in [2.45, 2.75) is 0 Å². The van der Waals surface area contributed by atoms with Crippen molar-refractivity contribution in [3.63, 3.8) is 0 Å². The van der Waals surface area contributed by atoms with Gasteiger partial charge in [0.15, 0.2) is 0 Å². The second-order valence-electron chi connectivity index (χ2n) is 3.61. The van der Waals surface area contributed by atoms with Crippen molar-refractivity contribution >= 4 is 21.8 Å². The maximum atomic E-state index is 13.5. The Bertz CT molecular complexity index is 420. The van der Waals surface area contributed by atoms with Gasteiger partial charge in [0, 0.05) is 18.1 Å². The molecule has 7 heteroatoms. The Balaban J connectivity index is 2.46. The Labute approximate surface area is 118 Å².